The number of hydrogen-bond donors (Lipinski definition) is 0. The minimum Gasteiger partial charge on any atom is -0.299 e. The van der Waals surface area contributed by atoms with Crippen molar-refractivity contribution in [2.45, 2.75) is 38.5 Å². The van der Waals surface area contributed by atoms with Gasteiger partial charge in [0.1, 0.15) is 11.6 Å². The van der Waals surface area contributed by atoms with Gasteiger partial charge in [0.25, 0.3) is 0 Å². The van der Waals surface area contributed by atoms with Gasteiger partial charge in [-0.3, -0.25) is 9.59 Å². The molecule has 2 nitrogen and oxygen atoms in total. The smallest absolute Gasteiger partial charge is 0.150 e. The van der Waals surface area contributed by atoms with E-state index in [9.17, 15) is 9.59 Å². The Bertz CT molecular complexity index is 469. The molecule has 2 heteroatoms. The summed E-state index contributed by atoms with van der Waals surface area (Å²) in [5, 5.41) is 0. The van der Waals surface area contributed by atoms with E-state index in [-0.39, 0.29) is 17.5 Å². The fourth-order valence-corrected chi connectivity index (χ4v) is 3.61. The van der Waals surface area contributed by atoms with Crippen molar-refractivity contribution in [3.63, 3.8) is 0 Å². The lowest BCUT2D eigenvalue weighted by Crippen LogP contribution is -2.31. The third-order valence-corrected chi connectivity index (χ3v) is 4.59. The van der Waals surface area contributed by atoms with Crippen LogP contribution in [0.25, 0.3) is 0 Å². The lowest BCUT2D eigenvalue weighted by molar-refractivity contribution is -0.135. The van der Waals surface area contributed by atoms with Gasteiger partial charge in [0.2, 0.25) is 0 Å². The normalized spacial score (nSPS) is 26.1. The third kappa shape index (κ3) is 1.71. The summed E-state index contributed by atoms with van der Waals surface area (Å²) in [7, 11) is 0. The van der Waals surface area contributed by atoms with Crippen LogP contribution in [0.1, 0.15) is 37.7 Å². The fraction of sp³-hybridized carbons (Fsp3) is 0.500. The van der Waals surface area contributed by atoms with Crippen LogP contribution in [0.2, 0.25) is 0 Å². The van der Waals surface area contributed by atoms with Crippen LogP contribution in [-0.2, 0) is 16.0 Å². The summed E-state index contributed by atoms with van der Waals surface area (Å²) >= 11 is 0. The molecule has 2 fully saturated rings. The number of hydrogen-bond acceptors (Lipinski definition) is 2. The van der Waals surface area contributed by atoms with Crippen LogP contribution >= 0.6 is 0 Å². The maximum absolute atomic E-state index is 12.5. The zero-order valence-corrected chi connectivity index (χ0v) is 10.5. The van der Waals surface area contributed by atoms with E-state index >= 15 is 0 Å². The van der Waals surface area contributed by atoms with Crippen LogP contribution in [0.5, 0.6) is 0 Å². The fourth-order valence-electron chi connectivity index (χ4n) is 3.61. The van der Waals surface area contributed by atoms with Gasteiger partial charge < -0.3 is 0 Å². The lowest BCUT2D eigenvalue weighted by Gasteiger charge is -2.19. The van der Waals surface area contributed by atoms with E-state index in [1.165, 1.54) is 5.56 Å². The summed E-state index contributed by atoms with van der Waals surface area (Å²) < 4.78 is 0. The molecule has 1 atom stereocenters. The summed E-state index contributed by atoms with van der Waals surface area (Å²) in [6, 6.07) is 10.0. The highest BCUT2D eigenvalue weighted by Crippen LogP contribution is 2.48. The monoisotopic (exact) mass is 242 g/mol. The molecule has 0 radical (unpaired) electrons. The first-order chi connectivity index (χ1) is 8.72. The Balaban J connectivity index is 1.80. The summed E-state index contributed by atoms with van der Waals surface area (Å²) in [4.78, 5) is 24.7. The van der Waals surface area contributed by atoms with Crippen LogP contribution < -0.4 is 0 Å². The first-order valence-electron chi connectivity index (χ1n) is 6.84. The van der Waals surface area contributed by atoms with E-state index in [0.29, 0.717) is 6.42 Å². The maximum atomic E-state index is 12.5. The number of Topliss-reactive ketones (excluding diaryl/α,β-unsaturated/α-hetero) is 2. The van der Waals surface area contributed by atoms with Gasteiger partial charge in [-0.2, -0.15) is 0 Å². The molecule has 1 spiro atoms. The van der Waals surface area contributed by atoms with Gasteiger partial charge in [-0.05, 0) is 24.8 Å². The second-order valence-corrected chi connectivity index (χ2v) is 5.67. The van der Waals surface area contributed by atoms with Crippen molar-refractivity contribution in [2.24, 2.45) is 11.3 Å². The van der Waals surface area contributed by atoms with Crippen LogP contribution in [0, 0.1) is 11.3 Å². The molecule has 2 aliphatic rings. The van der Waals surface area contributed by atoms with E-state index in [0.717, 1.165) is 32.1 Å². The number of carbonyl (C=O) groups excluding carboxylic acids is 2. The van der Waals surface area contributed by atoms with Gasteiger partial charge in [-0.25, -0.2) is 0 Å². The minimum atomic E-state index is -0.570. The average molecular weight is 242 g/mol. The van der Waals surface area contributed by atoms with E-state index in [1.807, 2.05) is 30.3 Å². The highest BCUT2D eigenvalue weighted by atomic mass is 16.2. The van der Waals surface area contributed by atoms with E-state index in [1.54, 1.807) is 0 Å². The minimum absolute atomic E-state index is 0.0713. The average Bonchev–Trinajstić information content (AvgIpc) is 2.95. The molecule has 94 valence electrons. The zero-order valence-electron chi connectivity index (χ0n) is 10.5. The first kappa shape index (κ1) is 11.6. The number of benzene rings is 1. The molecule has 0 bridgehead atoms. The van der Waals surface area contributed by atoms with Gasteiger partial charge in [-0.15, -0.1) is 0 Å². The number of rotatable bonds is 2. The molecule has 0 amide bonds. The highest BCUT2D eigenvalue weighted by molar-refractivity contribution is 6.14. The van der Waals surface area contributed by atoms with Crippen molar-refractivity contribution in [1.29, 1.82) is 0 Å². The molecule has 0 saturated heterocycles. The number of carbonyl (C=O) groups is 2. The molecule has 0 N–H and O–H groups in total. The Labute approximate surface area is 107 Å². The van der Waals surface area contributed by atoms with E-state index in [2.05, 4.69) is 0 Å². The molecule has 2 aliphatic carbocycles. The molecule has 0 aliphatic heterocycles. The molecule has 1 aromatic rings. The summed E-state index contributed by atoms with van der Waals surface area (Å²) in [5.74, 6) is 0.373. The van der Waals surface area contributed by atoms with Gasteiger partial charge in [0, 0.05) is 12.3 Å². The van der Waals surface area contributed by atoms with Crippen molar-refractivity contribution < 1.29 is 9.59 Å². The number of ketones is 2. The standard InChI is InChI=1S/C16H18O2/c17-14-11-13(10-12-6-2-1-3-7-12)15(18)16(14)8-4-5-9-16/h1-3,6-7,13H,4-5,8-11H2. The van der Waals surface area contributed by atoms with Gasteiger partial charge in [-0.1, -0.05) is 43.2 Å². The molecule has 1 unspecified atom stereocenters. The third-order valence-electron chi connectivity index (χ3n) is 4.59. The Morgan fingerprint density at radius 2 is 1.72 bits per heavy atom. The quantitative estimate of drug-likeness (QED) is 0.747. The molecular weight excluding hydrogens is 224 g/mol. The van der Waals surface area contributed by atoms with Crippen molar-refractivity contribution in [3.05, 3.63) is 35.9 Å². The molecule has 0 heterocycles. The Kier molecular flexibility index (Phi) is 2.81. The molecule has 0 aromatic heterocycles. The van der Waals surface area contributed by atoms with Crippen molar-refractivity contribution in [3.8, 4) is 0 Å². The topological polar surface area (TPSA) is 34.1 Å². The van der Waals surface area contributed by atoms with Gasteiger partial charge in [0.05, 0.1) is 5.41 Å². The van der Waals surface area contributed by atoms with Crippen LogP contribution in [0.3, 0.4) is 0 Å². The molecule has 3 rings (SSSR count). The predicted molar refractivity (Wildman–Crippen MR) is 69.2 cm³/mol. The van der Waals surface area contributed by atoms with E-state index in [4.69, 9.17) is 0 Å². The molecular formula is C16H18O2. The SMILES string of the molecule is O=C1CC(Cc2ccccc2)C(=O)C12CCCC2. The largest absolute Gasteiger partial charge is 0.299 e. The second-order valence-electron chi connectivity index (χ2n) is 5.67. The van der Waals surface area contributed by atoms with Crippen molar-refractivity contribution >= 4 is 11.6 Å². The van der Waals surface area contributed by atoms with Crippen LogP contribution in [0.4, 0.5) is 0 Å². The van der Waals surface area contributed by atoms with Crippen molar-refractivity contribution in [1.82, 2.24) is 0 Å². The molecule has 18 heavy (non-hydrogen) atoms. The predicted octanol–water partition coefficient (Wildman–Crippen LogP) is 2.95. The lowest BCUT2D eigenvalue weighted by atomic mass is 9.81. The second kappa shape index (κ2) is 4.34. The first-order valence-corrected chi connectivity index (χ1v) is 6.84. The summed E-state index contributed by atoms with van der Waals surface area (Å²) in [6.07, 6.45) is 4.87. The maximum Gasteiger partial charge on any atom is 0.150 e. The van der Waals surface area contributed by atoms with E-state index < -0.39 is 5.41 Å². The Morgan fingerprint density at radius 3 is 2.39 bits per heavy atom. The zero-order chi connectivity index (χ0) is 12.6. The molecule has 2 saturated carbocycles. The Morgan fingerprint density at radius 1 is 1.06 bits per heavy atom. The molecule has 1 aromatic carbocycles. The van der Waals surface area contributed by atoms with Crippen molar-refractivity contribution in [2.75, 3.05) is 0 Å². The summed E-state index contributed by atoms with van der Waals surface area (Å²) in [6.45, 7) is 0. The van der Waals surface area contributed by atoms with Crippen LogP contribution in [0.15, 0.2) is 30.3 Å². The highest BCUT2D eigenvalue weighted by Gasteiger charge is 2.54. The van der Waals surface area contributed by atoms with Gasteiger partial charge in [0.15, 0.2) is 0 Å². The Hall–Kier alpha value is -1.44. The van der Waals surface area contributed by atoms with Gasteiger partial charge >= 0.3 is 0 Å². The summed E-state index contributed by atoms with van der Waals surface area (Å²) in [5.41, 5.74) is 0.595. The van der Waals surface area contributed by atoms with Crippen LogP contribution in [-0.4, -0.2) is 11.6 Å².